The van der Waals surface area contributed by atoms with E-state index in [0.29, 0.717) is 5.56 Å². The van der Waals surface area contributed by atoms with E-state index in [4.69, 9.17) is 0 Å². The zero-order valence-corrected chi connectivity index (χ0v) is 28.6. The Morgan fingerprint density at radius 1 is 0.302 bits per heavy atom. The molecule has 4 heteroatoms. The summed E-state index contributed by atoms with van der Waals surface area (Å²) in [5.41, 5.74) is 12.5. The van der Waals surface area contributed by atoms with Gasteiger partial charge in [0.05, 0.1) is 44.7 Å². The monoisotopic (exact) mass is 674 g/mol. The third kappa shape index (κ3) is 4.35. The molecule has 3 heterocycles. The minimum Gasteiger partial charge on any atom is -0.309 e. The Morgan fingerprint density at radius 3 is 0.868 bits per heavy atom. The van der Waals surface area contributed by atoms with Crippen LogP contribution in [-0.4, -0.2) is 13.7 Å². The summed E-state index contributed by atoms with van der Waals surface area (Å²) < 4.78 is 7.06. The lowest BCUT2D eigenvalue weighted by atomic mass is 10.0. The normalized spacial score (nSPS) is 11.8. The van der Waals surface area contributed by atoms with Crippen molar-refractivity contribution >= 4 is 65.4 Å². The Kier molecular flexibility index (Phi) is 6.28. The fourth-order valence-electron chi connectivity index (χ4n) is 8.59. The van der Waals surface area contributed by atoms with Gasteiger partial charge in [0.25, 0.3) is 0 Å². The summed E-state index contributed by atoms with van der Waals surface area (Å²) in [4.78, 5) is 0. The fraction of sp³-hybridized carbons (Fsp3) is 0. The van der Waals surface area contributed by atoms with Gasteiger partial charge in [-0.3, -0.25) is 0 Å². The maximum atomic E-state index is 10.5. The molecule has 0 aliphatic heterocycles. The molecule has 0 radical (unpaired) electrons. The predicted octanol–water partition coefficient (Wildman–Crippen LogP) is 12.5. The van der Waals surface area contributed by atoms with Gasteiger partial charge in [0.1, 0.15) is 0 Å². The maximum absolute atomic E-state index is 10.5. The number of nitrogens with zero attached hydrogens (tertiary/aromatic N) is 4. The van der Waals surface area contributed by atoms with Crippen LogP contribution in [0.5, 0.6) is 0 Å². The van der Waals surface area contributed by atoms with Crippen LogP contribution in [0.3, 0.4) is 0 Å². The number of benzene rings is 8. The van der Waals surface area contributed by atoms with Crippen molar-refractivity contribution in [1.82, 2.24) is 13.7 Å². The third-order valence-electron chi connectivity index (χ3n) is 10.8. The van der Waals surface area contributed by atoms with Gasteiger partial charge >= 0.3 is 0 Å². The van der Waals surface area contributed by atoms with E-state index < -0.39 is 0 Å². The minimum absolute atomic E-state index is 0.611. The largest absolute Gasteiger partial charge is 0.309 e. The molecule has 0 aliphatic carbocycles. The number of hydrogen-bond donors (Lipinski definition) is 0. The van der Waals surface area contributed by atoms with Crippen molar-refractivity contribution in [3.63, 3.8) is 0 Å². The van der Waals surface area contributed by atoms with Crippen molar-refractivity contribution in [2.24, 2.45) is 0 Å². The summed E-state index contributed by atoms with van der Waals surface area (Å²) in [6, 6.07) is 67.2. The Morgan fingerprint density at radius 2 is 0.566 bits per heavy atom. The summed E-state index contributed by atoms with van der Waals surface area (Å²) in [6.45, 7) is 0. The van der Waals surface area contributed by atoms with Crippen molar-refractivity contribution in [1.29, 1.82) is 5.26 Å². The molecule has 11 rings (SSSR count). The molecule has 0 unspecified atom stereocenters. The van der Waals surface area contributed by atoms with Gasteiger partial charge in [0, 0.05) is 49.4 Å². The molecule has 0 N–H and O–H groups in total. The Bertz CT molecular complexity index is 3020. The molecule has 246 valence electrons. The van der Waals surface area contributed by atoms with E-state index in [0.717, 1.165) is 61.3 Å². The van der Waals surface area contributed by atoms with Crippen LogP contribution in [0, 0.1) is 11.3 Å². The SMILES string of the molecule is N#Cc1cc(-c2cc(-n3c4ccccc4c4ccccc43)cc(-n3c4ccccc4c4ccccc43)c2)cc(-n2c3ccccc3c3ccccc32)c1. The van der Waals surface area contributed by atoms with Gasteiger partial charge in [-0.05, 0) is 83.9 Å². The van der Waals surface area contributed by atoms with E-state index in [2.05, 4.69) is 190 Å². The summed E-state index contributed by atoms with van der Waals surface area (Å²) in [6.07, 6.45) is 0. The van der Waals surface area contributed by atoms with E-state index in [-0.39, 0.29) is 0 Å². The van der Waals surface area contributed by atoms with Crippen LogP contribution in [-0.2, 0) is 0 Å². The minimum atomic E-state index is 0.611. The van der Waals surface area contributed by atoms with E-state index in [9.17, 15) is 5.26 Å². The highest BCUT2D eigenvalue weighted by atomic mass is 15.0. The molecule has 0 amide bonds. The van der Waals surface area contributed by atoms with Gasteiger partial charge in [0.2, 0.25) is 0 Å². The summed E-state index contributed by atoms with van der Waals surface area (Å²) in [7, 11) is 0. The Labute approximate surface area is 305 Å². The van der Waals surface area contributed by atoms with Crippen molar-refractivity contribution < 1.29 is 0 Å². The maximum Gasteiger partial charge on any atom is 0.0992 e. The first kappa shape index (κ1) is 29.4. The average molecular weight is 675 g/mol. The molecule has 8 aromatic carbocycles. The van der Waals surface area contributed by atoms with Gasteiger partial charge in [0.15, 0.2) is 0 Å². The van der Waals surface area contributed by atoms with Gasteiger partial charge in [-0.2, -0.15) is 5.26 Å². The van der Waals surface area contributed by atoms with Crippen molar-refractivity contribution in [2.75, 3.05) is 0 Å². The fourth-order valence-corrected chi connectivity index (χ4v) is 8.59. The van der Waals surface area contributed by atoms with Crippen molar-refractivity contribution in [2.45, 2.75) is 0 Å². The highest BCUT2D eigenvalue weighted by molar-refractivity contribution is 6.11. The highest BCUT2D eigenvalue weighted by Gasteiger charge is 2.19. The lowest BCUT2D eigenvalue weighted by Gasteiger charge is -2.17. The molecule has 0 bridgehead atoms. The summed E-state index contributed by atoms with van der Waals surface area (Å²) >= 11 is 0. The van der Waals surface area contributed by atoms with Crippen LogP contribution in [0.25, 0.3) is 93.6 Å². The van der Waals surface area contributed by atoms with Gasteiger partial charge in [-0.25, -0.2) is 0 Å². The van der Waals surface area contributed by atoms with Gasteiger partial charge in [-0.1, -0.05) is 109 Å². The van der Waals surface area contributed by atoms with E-state index >= 15 is 0 Å². The second-order valence-electron chi connectivity index (χ2n) is 13.7. The molecule has 53 heavy (non-hydrogen) atoms. The Balaban J connectivity index is 1.24. The first-order valence-corrected chi connectivity index (χ1v) is 17.9. The Hall–Kier alpha value is -7.35. The molecule has 0 spiro atoms. The number of rotatable bonds is 4. The second kappa shape index (κ2) is 11.3. The molecule has 11 aromatic rings. The third-order valence-corrected chi connectivity index (χ3v) is 10.8. The smallest absolute Gasteiger partial charge is 0.0992 e. The van der Waals surface area contributed by atoms with Crippen molar-refractivity contribution in [3.8, 4) is 34.3 Å². The number of fused-ring (bicyclic) bond motifs is 9. The quantitative estimate of drug-likeness (QED) is 0.183. The zero-order valence-electron chi connectivity index (χ0n) is 28.6. The van der Waals surface area contributed by atoms with Gasteiger partial charge < -0.3 is 13.7 Å². The zero-order chi connectivity index (χ0) is 35.0. The molecular weight excluding hydrogens is 645 g/mol. The topological polar surface area (TPSA) is 38.6 Å². The summed E-state index contributed by atoms with van der Waals surface area (Å²) in [5.74, 6) is 0. The molecule has 0 saturated heterocycles. The van der Waals surface area contributed by atoms with Gasteiger partial charge in [-0.15, -0.1) is 0 Å². The van der Waals surface area contributed by atoms with Crippen LogP contribution in [0.4, 0.5) is 0 Å². The van der Waals surface area contributed by atoms with E-state index in [1.165, 1.54) is 32.3 Å². The lowest BCUT2D eigenvalue weighted by molar-refractivity contribution is 1.13. The van der Waals surface area contributed by atoms with Crippen LogP contribution in [0.15, 0.2) is 182 Å². The number of hydrogen-bond acceptors (Lipinski definition) is 1. The van der Waals surface area contributed by atoms with Crippen molar-refractivity contribution in [3.05, 3.63) is 188 Å². The van der Waals surface area contributed by atoms with Crippen LogP contribution >= 0.6 is 0 Å². The number of para-hydroxylation sites is 6. The lowest BCUT2D eigenvalue weighted by Crippen LogP contribution is -2.01. The van der Waals surface area contributed by atoms with Crippen LogP contribution in [0.1, 0.15) is 5.56 Å². The molecule has 0 aliphatic rings. The van der Waals surface area contributed by atoms with E-state index in [1.54, 1.807) is 0 Å². The molecule has 0 atom stereocenters. The van der Waals surface area contributed by atoms with Crippen LogP contribution in [0.2, 0.25) is 0 Å². The molecule has 4 nitrogen and oxygen atoms in total. The van der Waals surface area contributed by atoms with Crippen LogP contribution < -0.4 is 0 Å². The highest BCUT2D eigenvalue weighted by Crippen LogP contribution is 2.39. The molecule has 3 aromatic heterocycles. The predicted molar refractivity (Wildman–Crippen MR) is 220 cm³/mol. The van der Waals surface area contributed by atoms with E-state index in [1.807, 2.05) is 12.1 Å². The second-order valence-corrected chi connectivity index (χ2v) is 13.7. The number of nitriles is 1. The first-order chi connectivity index (χ1) is 26.2. The molecule has 0 fully saturated rings. The standard InChI is InChI=1S/C49H30N4/c50-31-32-25-33(27-35(26-32)51-44-19-7-1-13-38(44)39-14-2-8-20-45(39)51)34-28-36(52-46-21-9-3-15-40(46)41-16-4-10-22-47(41)52)30-37(29-34)53-48-23-11-5-17-42(48)43-18-6-12-24-49(43)53/h1-30H. The molecular formula is C49H30N4. The number of aromatic nitrogens is 3. The molecule has 0 saturated carbocycles. The summed E-state index contributed by atoms with van der Waals surface area (Å²) in [5, 5.41) is 17.7. The first-order valence-electron chi connectivity index (χ1n) is 17.9. The average Bonchev–Trinajstić information content (AvgIpc) is 3.86.